The van der Waals surface area contributed by atoms with E-state index in [-0.39, 0.29) is 17.6 Å². The fourth-order valence-corrected chi connectivity index (χ4v) is 5.32. The van der Waals surface area contributed by atoms with Crippen LogP contribution >= 0.6 is 11.3 Å². The number of aryl methyl sites for hydroxylation is 1. The van der Waals surface area contributed by atoms with Crippen LogP contribution in [0.3, 0.4) is 0 Å². The summed E-state index contributed by atoms with van der Waals surface area (Å²) in [6.07, 6.45) is 0.514. The van der Waals surface area contributed by atoms with Gasteiger partial charge in [-0.2, -0.15) is 4.31 Å². The van der Waals surface area contributed by atoms with Crippen LogP contribution in [0.5, 0.6) is 0 Å². The molecular weight excluding hydrogens is 335 g/mol. The van der Waals surface area contributed by atoms with Crippen LogP contribution in [0.25, 0.3) is 0 Å². The molecule has 4 nitrogen and oxygen atoms in total. The number of hydrogen-bond acceptors (Lipinski definition) is 4. The predicted octanol–water partition coefficient (Wildman–Crippen LogP) is 2.41. The second-order valence-corrected chi connectivity index (χ2v) is 8.60. The summed E-state index contributed by atoms with van der Waals surface area (Å²) in [6.45, 7) is 1.53. The van der Waals surface area contributed by atoms with Crippen molar-refractivity contribution in [3.63, 3.8) is 0 Å². The Balaban J connectivity index is 1.79. The van der Waals surface area contributed by atoms with Crippen LogP contribution in [0.1, 0.15) is 16.5 Å². The number of nitrogens with one attached hydrogen (secondary N) is 1. The van der Waals surface area contributed by atoms with Crippen LogP contribution < -0.4 is 5.32 Å². The van der Waals surface area contributed by atoms with Gasteiger partial charge in [0.15, 0.2) is 0 Å². The smallest absolute Gasteiger partial charge is 0.215 e. The Bertz CT molecular complexity index is 747. The Morgan fingerprint density at radius 3 is 2.91 bits per heavy atom. The molecule has 1 unspecified atom stereocenters. The quantitative estimate of drug-likeness (QED) is 0.897. The third-order valence-electron chi connectivity index (χ3n) is 3.97. The molecule has 7 heteroatoms. The van der Waals surface area contributed by atoms with E-state index in [2.05, 4.69) is 5.32 Å². The van der Waals surface area contributed by atoms with Crippen molar-refractivity contribution in [2.75, 3.05) is 25.4 Å². The lowest BCUT2D eigenvalue weighted by Gasteiger charge is -2.35. The molecule has 2 aromatic rings. The highest BCUT2D eigenvalue weighted by Crippen LogP contribution is 2.26. The Labute approximate surface area is 140 Å². The van der Waals surface area contributed by atoms with Crippen molar-refractivity contribution >= 4 is 21.4 Å². The number of rotatable bonds is 5. The minimum Gasteiger partial charge on any atom is -0.313 e. The van der Waals surface area contributed by atoms with Crippen LogP contribution in [0.2, 0.25) is 0 Å². The highest BCUT2D eigenvalue weighted by molar-refractivity contribution is 7.89. The average Bonchev–Trinajstić information content (AvgIpc) is 3.07. The van der Waals surface area contributed by atoms with Gasteiger partial charge in [-0.15, -0.1) is 11.3 Å². The lowest BCUT2D eigenvalue weighted by atomic mass is 10.1. The maximum absolute atomic E-state index is 13.5. The van der Waals surface area contributed by atoms with Gasteiger partial charge >= 0.3 is 0 Å². The molecule has 1 atom stereocenters. The first-order valence-corrected chi connectivity index (χ1v) is 10.0. The van der Waals surface area contributed by atoms with Crippen LogP contribution in [0.4, 0.5) is 4.39 Å². The first-order chi connectivity index (χ1) is 11.1. The molecule has 1 aromatic carbocycles. The van der Waals surface area contributed by atoms with E-state index in [1.807, 2.05) is 17.5 Å². The molecule has 1 N–H and O–H groups in total. The molecule has 3 rings (SSSR count). The normalized spacial score (nSPS) is 19.8. The van der Waals surface area contributed by atoms with Gasteiger partial charge in [0, 0.05) is 24.5 Å². The molecular formula is C16H19FN2O2S2. The van der Waals surface area contributed by atoms with Crippen molar-refractivity contribution in [2.45, 2.75) is 12.5 Å². The van der Waals surface area contributed by atoms with Gasteiger partial charge in [-0.05, 0) is 35.6 Å². The standard InChI is InChI=1S/C16H19FN2O2S2/c17-14-4-1-3-13(11-14)16-12-18-7-8-19(16)23(20,21)10-6-15-5-2-9-22-15/h1-5,9,11,16,18H,6-8,10,12H2. The second-order valence-electron chi connectivity index (χ2n) is 5.53. The van der Waals surface area contributed by atoms with Gasteiger partial charge in [-0.3, -0.25) is 0 Å². The first-order valence-electron chi connectivity index (χ1n) is 7.54. The van der Waals surface area contributed by atoms with Gasteiger partial charge in [-0.1, -0.05) is 18.2 Å². The zero-order valence-electron chi connectivity index (χ0n) is 12.6. The molecule has 0 spiro atoms. The minimum atomic E-state index is -3.39. The van der Waals surface area contributed by atoms with Crippen molar-refractivity contribution < 1.29 is 12.8 Å². The van der Waals surface area contributed by atoms with Crippen molar-refractivity contribution in [2.24, 2.45) is 0 Å². The van der Waals surface area contributed by atoms with E-state index in [0.717, 1.165) is 4.88 Å². The fraction of sp³-hybridized carbons (Fsp3) is 0.375. The maximum Gasteiger partial charge on any atom is 0.215 e. The van der Waals surface area contributed by atoms with Gasteiger partial charge in [0.05, 0.1) is 11.8 Å². The van der Waals surface area contributed by atoms with Gasteiger partial charge in [0.25, 0.3) is 0 Å². The van der Waals surface area contributed by atoms with E-state index in [4.69, 9.17) is 0 Å². The molecule has 2 heterocycles. The number of benzene rings is 1. The second kappa shape index (κ2) is 7.09. The number of piperazine rings is 1. The Morgan fingerprint density at radius 1 is 1.30 bits per heavy atom. The first kappa shape index (κ1) is 16.6. The number of hydrogen-bond donors (Lipinski definition) is 1. The van der Waals surface area contributed by atoms with Gasteiger partial charge in [0.1, 0.15) is 5.82 Å². The summed E-state index contributed by atoms with van der Waals surface area (Å²) >= 11 is 1.56. The molecule has 23 heavy (non-hydrogen) atoms. The van der Waals surface area contributed by atoms with Gasteiger partial charge in [0.2, 0.25) is 10.0 Å². The summed E-state index contributed by atoms with van der Waals surface area (Å²) in [4.78, 5) is 1.06. The molecule has 1 aliphatic heterocycles. The molecule has 1 saturated heterocycles. The Kier molecular flexibility index (Phi) is 5.11. The number of thiophene rings is 1. The fourth-order valence-electron chi connectivity index (χ4n) is 2.82. The lowest BCUT2D eigenvalue weighted by molar-refractivity contribution is 0.271. The summed E-state index contributed by atoms with van der Waals surface area (Å²) in [5.74, 6) is -0.261. The zero-order chi connectivity index (χ0) is 16.3. The van der Waals surface area contributed by atoms with E-state index < -0.39 is 10.0 Å². The van der Waals surface area contributed by atoms with E-state index >= 15 is 0 Å². The predicted molar refractivity (Wildman–Crippen MR) is 90.5 cm³/mol. The third-order valence-corrected chi connectivity index (χ3v) is 6.78. The Hall–Kier alpha value is -1.28. The summed E-state index contributed by atoms with van der Waals surface area (Å²) in [5.41, 5.74) is 0.692. The van der Waals surface area contributed by atoms with Crippen LogP contribution in [0, 0.1) is 5.82 Å². The SMILES string of the molecule is O=S(=O)(CCc1cccs1)N1CCNCC1c1cccc(F)c1. The van der Waals surface area contributed by atoms with E-state index in [1.54, 1.807) is 23.5 Å². The van der Waals surface area contributed by atoms with Crippen LogP contribution in [-0.2, 0) is 16.4 Å². The molecule has 124 valence electrons. The minimum absolute atomic E-state index is 0.0827. The number of nitrogens with zero attached hydrogens (tertiary/aromatic N) is 1. The average molecular weight is 354 g/mol. The highest BCUT2D eigenvalue weighted by atomic mass is 32.2. The molecule has 0 saturated carbocycles. The Morgan fingerprint density at radius 2 is 2.17 bits per heavy atom. The van der Waals surface area contributed by atoms with Crippen LogP contribution in [-0.4, -0.2) is 38.1 Å². The van der Waals surface area contributed by atoms with Crippen molar-refractivity contribution in [1.29, 1.82) is 0 Å². The molecule has 1 aromatic heterocycles. The summed E-state index contributed by atoms with van der Waals surface area (Å²) in [6, 6.07) is 9.70. The number of halogens is 1. The van der Waals surface area contributed by atoms with Gasteiger partial charge < -0.3 is 5.32 Å². The summed E-state index contributed by atoms with van der Waals surface area (Å²) in [7, 11) is -3.39. The molecule has 0 bridgehead atoms. The zero-order valence-corrected chi connectivity index (χ0v) is 14.2. The maximum atomic E-state index is 13.5. The van der Waals surface area contributed by atoms with Crippen molar-refractivity contribution in [3.05, 3.63) is 58.0 Å². The van der Waals surface area contributed by atoms with Crippen molar-refractivity contribution in [3.8, 4) is 0 Å². The molecule has 1 aliphatic rings. The summed E-state index contributed by atoms with van der Waals surface area (Å²) in [5, 5.41) is 5.14. The van der Waals surface area contributed by atoms with E-state index in [9.17, 15) is 12.8 Å². The lowest BCUT2D eigenvalue weighted by Crippen LogP contribution is -2.49. The van der Waals surface area contributed by atoms with E-state index in [1.165, 1.54) is 16.4 Å². The highest BCUT2D eigenvalue weighted by Gasteiger charge is 2.33. The van der Waals surface area contributed by atoms with E-state index in [0.29, 0.717) is 31.6 Å². The largest absolute Gasteiger partial charge is 0.313 e. The van der Waals surface area contributed by atoms with Crippen molar-refractivity contribution in [1.82, 2.24) is 9.62 Å². The molecule has 0 aliphatic carbocycles. The third kappa shape index (κ3) is 3.98. The summed E-state index contributed by atoms with van der Waals surface area (Å²) < 4.78 is 40.5. The molecule has 0 radical (unpaired) electrons. The number of sulfonamides is 1. The molecule has 1 fully saturated rings. The monoisotopic (exact) mass is 354 g/mol. The van der Waals surface area contributed by atoms with Crippen LogP contribution in [0.15, 0.2) is 41.8 Å². The molecule has 0 amide bonds. The topological polar surface area (TPSA) is 49.4 Å². The van der Waals surface area contributed by atoms with Gasteiger partial charge in [-0.25, -0.2) is 12.8 Å².